The summed E-state index contributed by atoms with van der Waals surface area (Å²) in [5, 5.41) is 0.176. The Bertz CT molecular complexity index is 1060. The van der Waals surface area contributed by atoms with Crippen LogP contribution in [0, 0.1) is 6.92 Å². The monoisotopic (exact) mass is 419 g/mol. The van der Waals surface area contributed by atoms with Crippen molar-refractivity contribution in [1.29, 1.82) is 0 Å². The fraction of sp³-hybridized carbons (Fsp3) is 0.250. The van der Waals surface area contributed by atoms with E-state index in [1.807, 2.05) is 42.7 Å². The molecule has 148 valence electrons. The molecule has 2 aromatic carbocycles. The third-order valence-electron chi connectivity index (χ3n) is 4.30. The number of hydrogen-bond donors (Lipinski definition) is 1. The zero-order chi connectivity index (χ0) is 20.3. The van der Waals surface area contributed by atoms with E-state index in [-0.39, 0.29) is 9.92 Å². The first kappa shape index (κ1) is 20.4. The summed E-state index contributed by atoms with van der Waals surface area (Å²) in [5.74, 6) is 0.668. The maximum absolute atomic E-state index is 12.7. The number of sulfonamides is 1. The molecule has 0 radical (unpaired) electrons. The summed E-state index contributed by atoms with van der Waals surface area (Å²) in [6.45, 7) is 6.28. The van der Waals surface area contributed by atoms with Gasteiger partial charge in [-0.05, 0) is 45.0 Å². The highest BCUT2D eigenvalue weighted by Crippen LogP contribution is 2.27. The lowest BCUT2D eigenvalue weighted by atomic mass is 10.2. The van der Waals surface area contributed by atoms with Gasteiger partial charge in [-0.1, -0.05) is 41.4 Å². The molecule has 3 rings (SSSR count). The van der Waals surface area contributed by atoms with E-state index in [1.54, 1.807) is 31.3 Å². The molecular weight excluding hydrogens is 398 g/mol. The van der Waals surface area contributed by atoms with Crippen molar-refractivity contribution in [3.05, 3.63) is 71.0 Å². The van der Waals surface area contributed by atoms with Crippen molar-refractivity contribution in [2.24, 2.45) is 0 Å². The molecule has 0 aliphatic carbocycles. The highest BCUT2D eigenvalue weighted by Gasteiger charge is 2.24. The fourth-order valence-corrected chi connectivity index (χ4v) is 4.58. The van der Waals surface area contributed by atoms with Gasteiger partial charge in [0.05, 0.1) is 23.0 Å². The Morgan fingerprint density at radius 2 is 1.86 bits per heavy atom. The lowest BCUT2D eigenvalue weighted by molar-refractivity contribution is 0.408. The van der Waals surface area contributed by atoms with Crippen LogP contribution in [0.4, 0.5) is 0 Å². The normalized spacial score (nSPS) is 12.7. The topological polar surface area (TPSA) is 73.2 Å². The molecule has 28 heavy (non-hydrogen) atoms. The first-order valence-corrected chi connectivity index (χ1v) is 10.7. The molecule has 1 N–H and O–H groups in total. The van der Waals surface area contributed by atoms with E-state index in [2.05, 4.69) is 9.71 Å². The molecule has 0 bridgehead atoms. The maximum atomic E-state index is 12.7. The predicted octanol–water partition coefficient (Wildman–Crippen LogP) is 4.70. The maximum Gasteiger partial charge on any atom is 0.302 e. The van der Waals surface area contributed by atoms with Crippen LogP contribution in [0.3, 0.4) is 0 Å². The molecule has 0 spiro atoms. The molecule has 1 atom stereocenters. The molecule has 0 fully saturated rings. The standard InChI is InChI=1S/C20H22ClN3O3S/c1-4-24-18(13-22-20(24)27-16-11-9-14(2)10-12-16)15(3)23-28(25,26)19-8-6-5-7-17(19)21/h5-13,15,23H,4H2,1-3H3. The Morgan fingerprint density at radius 3 is 2.50 bits per heavy atom. The molecule has 3 aromatic rings. The molecule has 0 saturated carbocycles. The van der Waals surface area contributed by atoms with Crippen LogP contribution in [0.5, 0.6) is 11.8 Å². The Balaban J connectivity index is 1.84. The van der Waals surface area contributed by atoms with Crippen LogP contribution in [-0.4, -0.2) is 18.0 Å². The highest BCUT2D eigenvalue weighted by molar-refractivity contribution is 7.89. The number of aryl methyl sites for hydroxylation is 1. The summed E-state index contributed by atoms with van der Waals surface area (Å²) in [4.78, 5) is 4.37. The van der Waals surface area contributed by atoms with E-state index in [9.17, 15) is 8.42 Å². The molecule has 1 aromatic heterocycles. The molecule has 1 unspecified atom stereocenters. The van der Waals surface area contributed by atoms with Gasteiger partial charge in [-0.3, -0.25) is 4.57 Å². The van der Waals surface area contributed by atoms with Gasteiger partial charge >= 0.3 is 6.01 Å². The molecule has 1 heterocycles. The van der Waals surface area contributed by atoms with Crippen LogP contribution in [0.25, 0.3) is 0 Å². The van der Waals surface area contributed by atoms with E-state index in [0.29, 0.717) is 24.0 Å². The number of aromatic nitrogens is 2. The van der Waals surface area contributed by atoms with E-state index < -0.39 is 16.1 Å². The van der Waals surface area contributed by atoms with Crippen molar-refractivity contribution in [3.8, 4) is 11.8 Å². The van der Waals surface area contributed by atoms with Gasteiger partial charge in [0.15, 0.2) is 0 Å². The number of ether oxygens (including phenoxy) is 1. The summed E-state index contributed by atoms with van der Waals surface area (Å²) in [6.07, 6.45) is 1.62. The smallest absolute Gasteiger partial charge is 0.302 e. The second-order valence-electron chi connectivity index (χ2n) is 6.40. The molecular formula is C20H22ClN3O3S. The van der Waals surface area contributed by atoms with E-state index >= 15 is 0 Å². The van der Waals surface area contributed by atoms with Crippen molar-refractivity contribution in [2.75, 3.05) is 0 Å². The highest BCUT2D eigenvalue weighted by atomic mass is 35.5. The van der Waals surface area contributed by atoms with Crippen LogP contribution in [-0.2, 0) is 16.6 Å². The van der Waals surface area contributed by atoms with Crippen LogP contribution >= 0.6 is 11.6 Å². The van der Waals surface area contributed by atoms with Crippen molar-refractivity contribution in [2.45, 2.75) is 38.3 Å². The largest absolute Gasteiger partial charge is 0.426 e. The number of hydrogen-bond acceptors (Lipinski definition) is 4. The van der Waals surface area contributed by atoms with Gasteiger partial charge in [0.2, 0.25) is 10.0 Å². The molecule has 8 heteroatoms. The number of nitrogens with one attached hydrogen (secondary N) is 1. The van der Waals surface area contributed by atoms with Gasteiger partial charge in [0.25, 0.3) is 0 Å². The first-order chi connectivity index (χ1) is 13.3. The van der Waals surface area contributed by atoms with Gasteiger partial charge < -0.3 is 4.74 Å². The summed E-state index contributed by atoms with van der Waals surface area (Å²) in [7, 11) is -3.78. The van der Waals surface area contributed by atoms with Crippen LogP contribution < -0.4 is 9.46 Å². The number of halogens is 1. The van der Waals surface area contributed by atoms with Crippen LogP contribution in [0.1, 0.15) is 31.1 Å². The first-order valence-electron chi connectivity index (χ1n) is 8.88. The molecule has 6 nitrogen and oxygen atoms in total. The van der Waals surface area contributed by atoms with Gasteiger partial charge in [-0.2, -0.15) is 0 Å². The summed E-state index contributed by atoms with van der Waals surface area (Å²) in [5.41, 5.74) is 1.83. The second-order valence-corrected chi connectivity index (χ2v) is 8.49. The quantitative estimate of drug-likeness (QED) is 0.602. The minimum absolute atomic E-state index is 0.0437. The second kappa shape index (κ2) is 8.34. The lowest BCUT2D eigenvalue weighted by Gasteiger charge is -2.17. The summed E-state index contributed by atoms with van der Waals surface area (Å²) < 4.78 is 35.8. The van der Waals surface area contributed by atoms with Crippen LogP contribution in [0.2, 0.25) is 5.02 Å². The van der Waals surface area contributed by atoms with Crippen molar-refractivity contribution >= 4 is 21.6 Å². The van der Waals surface area contributed by atoms with Crippen LogP contribution in [0.15, 0.2) is 59.6 Å². The Hall–Kier alpha value is -2.35. The zero-order valence-corrected chi connectivity index (χ0v) is 17.5. The SMILES string of the molecule is CCn1c(C(C)NS(=O)(=O)c2ccccc2Cl)cnc1Oc1ccc(C)cc1. The average Bonchev–Trinajstić information content (AvgIpc) is 3.06. The van der Waals surface area contributed by atoms with E-state index in [1.165, 1.54) is 6.07 Å². The Labute approximate surface area is 170 Å². The van der Waals surface area contributed by atoms with Crippen molar-refractivity contribution in [1.82, 2.24) is 14.3 Å². The third kappa shape index (κ3) is 4.38. The van der Waals surface area contributed by atoms with Gasteiger partial charge in [-0.25, -0.2) is 18.1 Å². The van der Waals surface area contributed by atoms with E-state index in [4.69, 9.17) is 16.3 Å². The Kier molecular flexibility index (Phi) is 6.07. The number of nitrogens with zero attached hydrogens (tertiary/aromatic N) is 2. The third-order valence-corrected chi connectivity index (χ3v) is 6.34. The Morgan fingerprint density at radius 1 is 1.18 bits per heavy atom. The average molecular weight is 420 g/mol. The molecule has 0 saturated heterocycles. The van der Waals surface area contributed by atoms with Gasteiger partial charge in [0.1, 0.15) is 10.6 Å². The minimum Gasteiger partial charge on any atom is -0.426 e. The van der Waals surface area contributed by atoms with E-state index in [0.717, 1.165) is 5.56 Å². The molecule has 0 aliphatic rings. The number of benzene rings is 2. The summed E-state index contributed by atoms with van der Waals surface area (Å²) in [6, 6.07) is 13.9. The number of rotatable bonds is 7. The van der Waals surface area contributed by atoms with Crippen molar-refractivity contribution < 1.29 is 13.2 Å². The molecule has 0 amide bonds. The fourth-order valence-electron chi connectivity index (χ4n) is 2.85. The lowest BCUT2D eigenvalue weighted by Crippen LogP contribution is -2.28. The minimum atomic E-state index is -3.78. The summed E-state index contributed by atoms with van der Waals surface area (Å²) >= 11 is 6.05. The predicted molar refractivity (Wildman–Crippen MR) is 109 cm³/mol. The van der Waals surface area contributed by atoms with Crippen molar-refractivity contribution in [3.63, 3.8) is 0 Å². The number of imidazole rings is 1. The van der Waals surface area contributed by atoms with Gasteiger partial charge in [0, 0.05) is 6.54 Å². The van der Waals surface area contributed by atoms with Gasteiger partial charge in [-0.15, -0.1) is 0 Å². The molecule has 0 aliphatic heterocycles. The zero-order valence-electron chi connectivity index (χ0n) is 15.9.